The molecule has 5 heteroatoms. The lowest BCUT2D eigenvalue weighted by Crippen LogP contribution is -2.40. The van der Waals surface area contributed by atoms with Crippen molar-refractivity contribution in [2.45, 2.75) is 51.7 Å². The third-order valence-electron chi connectivity index (χ3n) is 3.11. The van der Waals surface area contributed by atoms with Crippen molar-refractivity contribution in [1.82, 2.24) is 4.90 Å². The lowest BCUT2D eigenvalue weighted by Gasteiger charge is -2.29. The molecule has 1 heterocycles. The van der Waals surface area contributed by atoms with Crippen LogP contribution >= 0.6 is 0 Å². The summed E-state index contributed by atoms with van der Waals surface area (Å²) >= 11 is 0. The van der Waals surface area contributed by atoms with Gasteiger partial charge in [0.25, 0.3) is 0 Å². The third-order valence-corrected chi connectivity index (χ3v) is 3.11. The molecule has 1 amide bonds. The molecule has 1 saturated heterocycles. The van der Waals surface area contributed by atoms with Crippen LogP contribution in [0, 0.1) is 0 Å². The van der Waals surface area contributed by atoms with E-state index in [0.29, 0.717) is 19.7 Å². The molecule has 1 unspecified atom stereocenters. The summed E-state index contributed by atoms with van der Waals surface area (Å²) in [5.74, 6) is 0. The Labute approximate surface area is 109 Å². The molecule has 1 aliphatic rings. The van der Waals surface area contributed by atoms with E-state index < -0.39 is 5.60 Å². The zero-order valence-corrected chi connectivity index (χ0v) is 11.9. The van der Waals surface area contributed by atoms with Crippen molar-refractivity contribution >= 4 is 6.09 Å². The van der Waals surface area contributed by atoms with Crippen LogP contribution in [-0.4, -0.2) is 53.6 Å². The molecule has 1 rings (SSSR count). The summed E-state index contributed by atoms with van der Waals surface area (Å²) in [6.45, 7) is 9.12. The Kier molecular flexibility index (Phi) is 4.99. The maximum absolute atomic E-state index is 11.9. The Morgan fingerprint density at radius 3 is 2.61 bits per heavy atom. The first-order chi connectivity index (χ1) is 8.32. The maximum atomic E-state index is 11.9. The molecule has 1 N–H and O–H groups in total. The SMILES string of the molecule is CCC1(OCCO)CCN(C(=O)OC(C)(C)C)C1. The van der Waals surface area contributed by atoms with E-state index in [4.69, 9.17) is 14.6 Å². The molecule has 5 nitrogen and oxygen atoms in total. The van der Waals surface area contributed by atoms with Crippen molar-refractivity contribution in [3.05, 3.63) is 0 Å². The lowest BCUT2D eigenvalue weighted by atomic mass is 10.00. The summed E-state index contributed by atoms with van der Waals surface area (Å²) in [4.78, 5) is 13.6. The highest BCUT2D eigenvalue weighted by molar-refractivity contribution is 5.68. The minimum absolute atomic E-state index is 0.00812. The smallest absolute Gasteiger partial charge is 0.410 e. The van der Waals surface area contributed by atoms with E-state index in [2.05, 4.69) is 0 Å². The van der Waals surface area contributed by atoms with Crippen LogP contribution in [0.2, 0.25) is 0 Å². The van der Waals surface area contributed by atoms with Crippen molar-refractivity contribution in [2.75, 3.05) is 26.3 Å². The fourth-order valence-corrected chi connectivity index (χ4v) is 2.10. The van der Waals surface area contributed by atoms with Gasteiger partial charge < -0.3 is 19.5 Å². The topological polar surface area (TPSA) is 59.0 Å². The van der Waals surface area contributed by atoms with Gasteiger partial charge in [0.15, 0.2) is 0 Å². The highest BCUT2D eigenvalue weighted by atomic mass is 16.6. The number of nitrogens with zero attached hydrogens (tertiary/aromatic N) is 1. The van der Waals surface area contributed by atoms with Crippen molar-refractivity contribution < 1.29 is 19.4 Å². The first-order valence-corrected chi connectivity index (χ1v) is 6.55. The first-order valence-electron chi connectivity index (χ1n) is 6.55. The molecule has 18 heavy (non-hydrogen) atoms. The summed E-state index contributed by atoms with van der Waals surface area (Å²) in [5.41, 5.74) is -0.792. The predicted octanol–water partition coefficient (Wildman–Crippen LogP) is 1.78. The molecule has 0 aromatic carbocycles. The number of aliphatic hydroxyl groups excluding tert-OH is 1. The molecule has 0 saturated carbocycles. The molecule has 0 bridgehead atoms. The highest BCUT2D eigenvalue weighted by Gasteiger charge is 2.40. The van der Waals surface area contributed by atoms with Gasteiger partial charge in [-0.2, -0.15) is 0 Å². The maximum Gasteiger partial charge on any atom is 0.410 e. The molecular formula is C13H25NO4. The molecule has 1 fully saturated rings. The minimum atomic E-state index is -0.472. The number of carbonyl (C=O) groups is 1. The number of carbonyl (C=O) groups excluding carboxylic acids is 1. The largest absolute Gasteiger partial charge is 0.444 e. The molecular weight excluding hydrogens is 234 g/mol. The average Bonchev–Trinajstić information content (AvgIpc) is 2.69. The number of hydrogen-bond acceptors (Lipinski definition) is 4. The molecule has 1 atom stereocenters. The van der Waals surface area contributed by atoms with Gasteiger partial charge in [0.2, 0.25) is 0 Å². The molecule has 0 aromatic rings. The van der Waals surface area contributed by atoms with Crippen LogP contribution in [0.4, 0.5) is 4.79 Å². The van der Waals surface area contributed by atoms with Gasteiger partial charge in [-0.25, -0.2) is 4.79 Å². The summed E-state index contributed by atoms with van der Waals surface area (Å²) < 4.78 is 11.0. The lowest BCUT2D eigenvalue weighted by molar-refractivity contribution is -0.0543. The van der Waals surface area contributed by atoms with E-state index >= 15 is 0 Å². The second-order valence-electron chi connectivity index (χ2n) is 5.76. The monoisotopic (exact) mass is 259 g/mol. The van der Waals surface area contributed by atoms with Crippen LogP contribution in [0.15, 0.2) is 0 Å². The number of aliphatic hydroxyl groups is 1. The van der Waals surface area contributed by atoms with E-state index in [0.717, 1.165) is 12.8 Å². The van der Waals surface area contributed by atoms with Crippen LogP contribution in [0.25, 0.3) is 0 Å². The predicted molar refractivity (Wildman–Crippen MR) is 68.5 cm³/mol. The standard InChI is InChI=1S/C13H25NO4/c1-5-13(17-9-8-15)6-7-14(10-13)11(16)18-12(2,3)4/h15H,5-10H2,1-4H3. The van der Waals surface area contributed by atoms with E-state index in [-0.39, 0.29) is 18.3 Å². The third kappa shape index (κ3) is 4.14. The normalized spacial score (nSPS) is 24.4. The van der Waals surface area contributed by atoms with Gasteiger partial charge in [-0.15, -0.1) is 0 Å². The Balaban J connectivity index is 2.55. The van der Waals surface area contributed by atoms with E-state index in [1.807, 2.05) is 27.7 Å². The summed E-state index contributed by atoms with van der Waals surface area (Å²) in [6.07, 6.45) is 1.33. The highest BCUT2D eigenvalue weighted by Crippen LogP contribution is 2.29. The summed E-state index contributed by atoms with van der Waals surface area (Å²) in [5, 5.41) is 8.83. The Morgan fingerprint density at radius 2 is 2.11 bits per heavy atom. The molecule has 1 aliphatic heterocycles. The number of rotatable bonds is 4. The second kappa shape index (κ2) is 5.89. The summed E-state index contributed by atoms with van der Waals surface area (Å²) in [6, 6.07) is 0. The second-order valence-corrected chi connectivity index (χ2v) is 5.76. The number of amides is 1. The average molecular weight is 259 g/mol. The fourth-order valence-electron chi connectivity index (χ4n) is 2.10. The molecule has 0 aromatic heterocycles. The number of likely N-dealkylation sites (tertiary alicyclic amines) is 1. The Morgan fingerprint density at radius 1 is 1.44 bits per heavy atom. The van der Waals surface area contributed by atoms with Gasteiger partial charge in [-0.05, 0) is 33.6 Å². The Hall–Kier alpha value is -0.810. The van der Waals surface area contributed by atoms with Crippen molar-refractivity contribution in [3.8, 4) is 0 Å². The van der Waals surface area contributed by atoms with Crippen LogP contribution in [0.1, 0.15) is 40.5 Å². The zero-order chi connectivity index (χ0) is 13.8. The molecule has 106 valence electrons. The van der Waals surface area contributed by atoms with Gasteiger partial charge in [0.05, 0.1) is 25.4 Å². The van der Waals surface area contributed by atoms with Gasteiger partial charge in [-0.1, -0.05) is 6.92 Å². The first kappa shape index (κ1) is 15.2. The van der Waals surface area contributed by atoms with Crippen molar-refractivity contribution in [1.29, 1.82) is 0 Å². The van der Waals surface area contributed by atoms with E-state index in [1.165, 1.54) is 0 Å². The summed E-state index contributed by atoms with van der Waals surface area (Å²) in [7, 11) is 0. The van der Waals surface area contributed by atoms with Crippen LogP contribution in [0.3, 0.4) is 0 Å². The van der Waals surface area contributed by atoms with Gasteiger partial charge in [-0.3, -0.25) is 0 Å². The number of ether oxygens (including phenoxy) is 2. The van der Waals surface area contributed by atoms with Crippen molar-refractivity contribution in [3.63, 3.8) is 0 Å². The van der Waals surface area contributed by atoms with Crippen LogP contribution < -0.4 is 0 Å². The van der Waals surface area contributed by atoms with E-state index in [1.54, 1.807) is 4.90 Å². The quantitative estimate of drug-likeness (QED) is 0.836. The molecule has 0 radical (unpaired) electrons. The van der Waals surface area contributed by atoms with E-state index in [9.17, 15) is 4.79 Å². The zero-order valence-electron chi connectivity index (χ0n) is 11.9. The van der Waals surface area contributed by atoms with Crippen molar-refractivity contribution in [2.24, 2.45) is 0 Å². The molecule has 0 aliphatic carbocycles. The number of hydrogen-bond donors (Lipinski definition) is 1. The van der Waals surface area contributed by atoms with Gasteiger partial charge >= 0.3 is 6.09 Å². The van der Waals surface area contributed by atoms with Gasteiger partial charge in [0.1, 0.15) is 5.60 Å². The van der Waals surface area contributed by atoms with Gasteiger partial charge in [0, 0.05) is 6.54 Å². The Bertz CT molecular complexity index is 287. The van der Waals surface area contributed by atoms with Crippen LogP contribution in [0.5, 0.6) is 0 Å². The fraction of sp³-hybridized carbons (Fsp3) is 0.923. The molecule has 0 spiro atoms. The van der Waals surface area contributed by atoms with Crippen LogP contribution in [-0.2, 0) is 9.47 Å². The minimum Gasteiger partial charge on any atom is -0.444 e.